The van der Waals surface area contributed by atoms with Gasteiger partial charge in [0.1, 0.15) is 5.82 Å². The molecule has 2 saturated carbocycles. The van der Waals surface area contributed by atoms with Crippen molar-refractivity contribution in [2.75, 3.05) is 6.79 Å². The zero-order chi connectivity index (χ0) is 17.7. The first-order chi connectivity index (χ1) is 12.7. The molecule has 0 unspecified atom stereocenters. The minimum Gasteiger partial charge on any atom is -0.454 e. The van der Waals surface area contributed by atoms with Crippen molar-refractivity contribution in [3.63, 3.8) is 0 Å². The number of nitrogens with zero attached hydrogens (tertiary/aromatic N) is 1. The Morgan fingerprint density at radius 2 is 1.92 bits per heavy atom. The minimum atomic E-state index is -0.121. The first-order valence-corrected chi connectivity index (χ1v) is 8.97. The summed E-state index contributed by atoms with van der Waals surface area (Å²) in [6.45, 7) is 0.191. The maximum atomic E-state index is 12.4. The average molecular weight is 353 g/mol. The molecule has 2 heterocycles. The van der Waals surface area contributed by atoms with Gasteiger partial charge in [-0.2, -0.15) is 0 Å². The van der Waals surface area contributed by atoms with Crippen molar-refractivity contribution < 1.29 is 14.3 Å². The predicted molar refractivity (Wildman–Crippen MR) is 92.6 cm³/mol. The SMILES string of the molecule is O=C(NC1CC(c2cc(=O)[nH]c(C3CC3)n2)C1)c1ccc2c(c1)OCO2. The molecule has 0 spiro atoms. The molecule has 2 aliphatic carbocycles. The Kier molecular flexibility index (Phi) is 3.48. The summed E-state index contributed by atoms with van der Waals surface area (Å²) in [5, 5.41) is 3.04. The fourth-order valence-electron chi connectivity index (χ4n) is 3.54. The van der Waals surface area contributed by atoms with Crippen molar-refractivity contribution in [3.05, 3.63) is 51.7 Å². The van der Waals surface area contributed by atoms with E-state index in [1.54, 1.807) is 24.3 Å². The van der Waals surface area contributed by atoms with Gasteiger partial charge in [-0.1, -0.05) is 0 Å². The molecule has 0 radical (unpaired) electrons. The predicted octanol–water partition coefficient (Wildman–Crippen LogP) is 2.05. The second-order valence-corrected chi connectivity index (χ2v) is 7.24. The Bertz CT molecular complexity index is 929. The van der Waals surface area contributed by atoms with Gasteiger partial charge in [0.05, 0.1) is 5.69 Å². The Morgan fingerprint density at radius 1 is 1.12 bits per heavy atom. The number of H-pyrrole nitrogens is 1. The van der Waals surface area contributed by atoms with Crippen LogP contribution in [0.5, 0.6) is 11.5 Å². The molecule has 0 bridgehead atoms. The molecule has 1 aromatic carbocycles. The lowest BCUT2D eigenvalue weighted by Gasteiger charge is -2.35. The molecule has 7 heteroatoms. The smallest absolute Gasteiger partial charge is 0.251 e. The second-order valence-electron chi connectivity index (χ2n) is 7.24. The van der Waals surface area contributed by atoms with Crippen LogP contribution in [0.4, 0.5) is 0 Å². The van der Waals surface area contributed by atoms with Crippen molar-refractivity contribution in [1.82, 2.24) is 15.3 Å². The van der Waals surface area contributed by atoms with Crippen molar-refractivity contribution in [3.8, 4) is 11.5 Å². The quantitative estimate of drug-likeness (QED) is 0.877. The number of hydrogen-bond donors (Lipinski definition) is 2. The highest BCUT2D eigenvalue weighted by atomic mass is 16.7. The fraction of sp³-hybridized carbons (Fsp3) is 0.421. The maximum absolute atomic E-state index is 12.4. The van der Waals surface area contributed by atoms with Crippen molar-refractivity contribution in [1.29, 1.82) is 0 Å². The van der Waals surface area contributed by atoms with E-state index in [9.17, 15) is 9.59 Å². The molecule has 2 aromatic rings. The topological polar surface area (TPSA) is 93.3 Å². The highest BCUT2D eigenvalue weighted by Gasteiger charge is 2.34. The molecule has 1 aromatic heterocycles. The van der Waals surface area contributed by atoms with E-state index in [0.29, 0.717) is 23.0 Å². The Balaban J connectivity index is 1.22. The molecular formula is C19H19N3O4. The van der Waals surface area contributed by atoms with Gasteiger partial charge in [-0.3, -0.25) is 9.59 Å². The van der Waals surface area contributed by atoms with Crippen LogP contribution in [0.15, 0.2) is 29.1 Å². The van der Waals surface area contributed by atoms with Crippen LogP contribution in [0.3, 0.4) is 0 Å². The van der Waals surface area contributed by atoms with E-state index in [-0.39, 0.29) is 30.2 Å². The summed E-state index contributed by atoms with van der Waals surface area (Å²) in [6.07, 6.45) is 3.81. The molecule has 134 valence electrons. The number of hydrogen-bond acceptors (Lipinski definition) is 5. The summed E-state index contributed by atoms with van der Waals surface area (Å²) in [6, 6.07) is 6.88. The van der Waals surface area contributed by atoms with E-state index >= 15 is 0 Å². The van der Waals surface area contributed by atoms with Crippen molar-refractivity contribution >= 4 is 5.91 Å². The molecule has 2 N–H and O–H groups in total. The van der Waals surface area contributed by atoms with Crippen molar-refractivity contribution in [2.45, 2.75) is 43.6 Å². The molecule has 7 nitrogen and oxygen atoms in total. The average Bonchev–Trinajstić information content (AvgIpc) is 3.34. The zero-order valence-electron chi connectivity index (χ0n) is 14.2. The summed E-state index contributed by atoms with van der Waals surface area (Å²) in [7, 11) is 0. The Hall–Kier alpha value is -2.83. The van der Waals surface area contributed by atoms with Crippen LogP contribution in [-0.4, -0.2) is 28.7 Å². The van der Waals surface area contributed by atoms with Gasteiger partial charge in [-0.05, 0) is 43.9 Å². The molecule has 5 rings (SSSR count). The normalized spacial score (nSPS) is 23.4. The number of aromatic nitrogens is 2. The highest BCUT2D eigenvalue weighted by molar-refractivity contribution is 5.95. The summed E-state index contributed by atoms with van der Waals surface area (Å²) in [5.41, 5.74) is 1.33. The maximum Gasteiger partial charge on any atom is 0.251 e. The van der Waals surface area contributed by atoms with Gasteiger partial charge in [0.15, 0.2) is 11.5 Å². The van der Waals surface area contributed by atoms with Crippen LogP contribution in [0, 0.1) is 0 Å². The van der Waals surface area contributed by atoms with E-state index in [1.165, 1.54) is 0 Å². The van der Waals surface area contributed by atoms with E-state index in [0.717, 1.165) is 37.2 Å². The fourth-order valence-corrected chi connectivity index (χ4v) is 3.54. The summed E-state index contributed by atoms with van der Waals surface area (Å²) in [4.78, 5) is 31.7. The summed E-state index contributed by atoms with van der Waals surface area (Å²) >= 11 is 0. The van der Waals surface area contributed by atoms with Gasteiger partial charge in [0.2, 0.25) is 6.79 Å². The lowest BCUT2D eigenvalue weighted by atomic mass is 9.78. The van der Waals surface area contributed by atoms with Gasteiger partial charge < -0.3 is 19.8 Å². The number of carbonyl (C=O) groups is 1. The lowest BCUT2D eigenvalue weighted by Crippen LogP contribution is -2.43. The molecular weight excluding hydrogens is 334 g/mol. The van der Waals surface area contributed by atoms with Crippen molar-refractivity contribution in [2.24, 2.45) is 0 Å². The van der Waals surface area contributed by atoms with Crippen LogP contribution in [-0.2, 0) is 0 Å². The van der Waals surface area contributed by atoms with Gasteiger partial charge in [0, 0.05) is 29.5 Å². The van der Waals surface area contributed by atoms with E-state index in [4.69, 9.17) is 9.47 Å². The summed E-state index contributed by atoms with van der Waals surface area (Å²) < 4.78 is 10.6. The third kappa shape index (κ3) is 2.83. The molecule has 0 atom stereocenters. The molecule has 1 amide bonds. The minimum absolute atomic E-state index is 0.0789. The first kappa shape index (κ1) is 15.4. The molecule has 2 fully saturated rings. The monoisotopic (exact) mass is 353 g/mol. The first-order valence-electron chi connectivity index (χ1n) is 8.97. The largest absolute Gasteiger partial charge is 0.454 e. The number of aromatic amines is 1. The van der Waals surface area contributed by atoms with Gasteiger partial charge >= 0.3 is 0 Å². The second kappa shape index (κ2) is 5.86. The number of rotatable bonds is 4. The molecule has 26 heavy (non-hydrogen) atoms. The number of ether oxygens (including phenoxy) is 2. The molecule has 3 aliphatic rings. The zero-order valence-corrected chi connectivity index (χ0v) is 14.2. The number of fused-ring (bicyclic) bond motifs is 1. The lowest BCUT2D eigenvalue weighted by molar-refractivity contribution is 0.0907. The Labute approximate surface area is 149 Å². The van der Waals surface area contributed by atoms with E-state index < -0.39 is 0 Å². The van der Waals surface area contributed by atoms with Crippen LogP contribution < -0.4 is 20.3 Å². The van der Waals surface area contributed by atoms with Crippen LogP contribution in [0.2, 0.25) is 0 Å². The van der Waals surface area contributed by atoms with Gasteiger partial charge in [0.25, 0.3) is 11.5 Å². The van der Waals surface area contributed by atoms with Crippen LogP contribution in [0.25, 0.3) is 0 Å². The standard InChI is InChI=1S/C19H19N3O4/c23-17-8-14(21-18(22-17)10-1-2-10)12-5-13(6-12)20-19(24)11-3-4-15-16(7-11)26-9-25-15/h3-4,7-8,10,12-13H,1-2,5-6,9H2,(H,20,24)(H,21,22,23). The van der Waals surface area contributed by atoms with Crippen LogP contribution >= 0.6 is 0 Å². The third-order valence-corrected chi connectivity index (χ3v) is 5.27. The number of carbonyl (C=O) groups excluding carboxylic acids is 1. The number of amides is 1. The number of nitrogens with one attached hydrogen (secondary N) is 2. The van der Waals surface area contributed by atoms with E-state index in [2.05, 4.69) is 15.3 Å². The van der Waals surface area contributed by atoms with Gasteiger partial charge in [-0.25, -0.2) is 4.98 Å². The Morgan fingerprint density at radius 3 is 2.73 bits per heavy atom. The van der Waals surface area contributed by atoms with E-state index in [1.807, 2.05) is 0 Å². The highest BCUT2D eigenvalue weighted by Crippen LogP contribution is 2.40. The van der Waals surface area contributed by atoms with Gasteiger partial charge in [-0.15, -0.1) is 0 Å². The summed E-state index contributed by atoms with van der Waals surface area (Å²) in [5.74, 6) is 2.62. The van der Waals surface area contributed by atoms with Crippen LogP contribution in [0.1, 0.15) is 59.4 Å². The third-order valence-electron chi connectivity index (χ3n) is 5.27. The molecule has 1 aliphatic heterocycles. The number of benzene rings is 1. The molecule has 0 saturated heterocycles.